The van der Waals surface area contributed by atoms with Crippen LogP contribution in [-0.2, 0) is 10.0 Å². The largest absolute Gasteiger partial charge is 0.497 e. The number of carbonyl (C=O) groups excluding carboxylic acids is 1. The van der Waals surface area contributed by atoms with Crippen LogP contribution in [0.5, 0.6) is 5.75 Å². The van der Waals surface area contributed by atoms with Gasteiger partial charge in [0.05, 0.1) is 12.0 Å². The Morgan fingerprint density at radius 3 is 2.15 bits per heavy atom. The van der Waals surface area contributed by atoms with Crippen molar-refractivity contribution in [2.75, 3.05) is 24.9 Å². The number of anilines is 1. The first kappa shape index (κ1) is 18.3. The number of ether oxygens (including phenoxy) is 1. The van der Waals surface area contributed by atoms with E-state index in [1.807, 2.05) is 4.90 Å². The van der Waals surface area contributed by atoms with Gasteiger partial charge >= 0.3 is 0 Å². The average molecular weight is 374 g/mol. The molecule has 138 valence electrons. The van der Waals surface area contributed by atoms with Gasteiger partial charge < -0.3 is 9.64 Å². The van der Waals surface area contributed by atoms with Crippen molar-refractivity contribution in [1.82, 2.24) is 4.90 Å². The summed E-state index contributed by atoms with van der Waals surface area (Å²) >= 11 is 0. The summed E-state index contributed by atoms with van der Waals surface area (Å²) in [6, 6.07) is 12.7. The summed E-state index contributed by atoms with van der Waals surface area (Å²) in [5.41, 5.74) is 0.953. The van der Waals surface area contributed by atoms with Gasteiger partial charge in [-0.15, -0.1) is 0 Å². The van der Waals surface area contributed by atoms with E-state index in [4.69, 9.17) is 4.74 Å². The fraction of sp³-hybridized carbons (Fsp3) is 0.316. The van der Waals surface area contributed by atoms with E-state index >= 15 is 0 Å². The fourth-order valence-corrected chi connectivity index (χ4v) is 3.99. The monoisotopic (exact) mass is 374 g/mol. The van der Waals surface area contributed by atoms with Crippen molar-refractivity contribution in [2.45, 2.75) is 24.2 Å². The van der Waals surface area contributed by atoms with E-state index in [2.05, 4.69) is 4.72 Å². The van der Waals surface area contributed by atoms with Crippen LogP contribution in [0.1, 0.15) is 29.6 Å². The molecule has 0 unspecified atom stereocenters. The highest BCUT2D eigenvalue weighted by Crippen LogP contribution is 2.20. The maximum absolute atomic E-state index is 12.5. The zero-order valence-electron chi connectivity index (χ0n) is 14.6. The van der Waals surface area contributed by atoms with Gasteiger partial charge in [0.1, 0.15) is 5.75 Å². The molecule has 0 atom stereocenters. The molecule has 0 aromatic heterocycles. The first-order valence-electron chi connectivity index (χ1n) is 8.56. The summed E-state index contributed by atoms with van der Waals surface area (Å²) in [6.07, 6.45) is 3.19. The molecule has 0 bridgehead atoms. The molecule has 0 spiro atoms. The zero-order chi connectivity index (χ0) is 18.6. The number of nitrogens with zero attached hydrogens (tertiary/aromatic N) is 1. The van der Waals surface area contributed by atoms with Gasteiger partial charge in [-0.25, -0.2) is 8.42 Å². The standard InChI is InChI=1S/C19H22N2O4S/c1-25-17-9-7-16(8-10-17)20-26(23,24)18-11-5-15(6-12-18)19(22)21-13-3-2-4-14-21/h5-12,20H,2-4,13-14H2,1H3. The van der Waals surface area contributed by atoms with Crippen molar-refractivity contribution in [2.24, 2.45) is 0 Å². The molecule has 1 aliphatic heterocycles. The lowest BCUT2D eigenvalue weighted by Crippen LogP contribution is -2.35. The third-order valence-corrected chi connectivity index (χ3v) is 5.79. The number of piperidine rings is 1. The van der Waals surface area contributed by atoms with Crippen LogP contribution in [0.3, 0.4) is 0 Å². The molecule has 0 saturated carbocycles. The van der Waals surface area contributed by atoms with Crippen LogP contribution in [-0.4, -0.2) is 39.4 Å². The fourth-order valence-electron chi connectivity index (χ4n) is 2.93. The minimum atomic E-state index is -3.72. The number of carbonyl (C=O) groups is 1. The number of nitrogens with one attached hydrogen (secondary N) is 1. The Hall–Kier alpha value is -2.54. The normalized spacial score (nSPS) is 14.7. The molecule has 26 heavy (non-hydrogen) atoms. The second-order valence-electron chi connectivity index (χ2n) is 6.21. The molecule has 2 aromatic rings. The molecular weight excluding hydrogens is 352 g/mol. The van der Waals surface area contributed by atoms with E-state index in [0.717, 1.165) is 32.4 Å². The Labute approximate surface area is 153 Å². The highest BCUT2D eigenvalue weighted by Gasteiger charge is 2.20. The van der Waals surface area contributed by atoms with Gasteiger partial charge in [0.25, 0.3) is 15.9 Å². The highest BCUT2D eigenvalue weighted by atomic mass is 32.2. The van der Waals surface area contributed by atoms with Gasteiger partial charge in [-0.1, -0.05) is 0 Å². The Bertz CT molecular complexity index is 855. The number of methoxy groups -OCH3 is 1. The molecule has 1 heterocycles. The lowest BCUT2D eigenvalue weighted by Gasteiger charge is -2.26. The van der Waals surface area contributed by atoms with E-state index in [-0.39, 0.29) is 10.8 Å². The van der Waals surface area contributed by atoms with Crippen molar-refractivity contribution < 1.29 is 17.9 Å². The van der Waals surface area contributed by atoms with Crippen LogP contribution in [0.4, 0.5) is 5.69 Å². The third kappa shape index (κ3) is 4.16. The zero-order valence-corrected chi connectivity index (χ0v) is 15.5. The smallest absolute Gasteiger partial charge is 0.261 e. The van der Waals surface area contributed by atoms with E-state index in [9.17, 15) is 13.2 Å². The highest BCUT2D eigenvalue weighted by molar-refractivity contribution is 7.92. The van der Waals surface area contributed by atoms with Crippen molar-refractivity contribution in [3.63, 3.8) is 0 Å². The first-order chi connectivity index (χ1) is 12.5. The van der Waals surface area contributed by atoms with Crippen LogP contribution < -0.4 is 9.46 Å². The minimum Gasteiger partial charge on any atom is -0.497 e. The third-order valence-electron chi connectivity index (χ3n) is 4.40. The molecule has 1 amide bonds. The summed E-state index contributed by atoms with van der Waals surface area (Å²) in [6.45, 7) is 1.52. The van der Waals surface area contributed by atoms with Gasteiger partial charge in [0.15, 0.2) is 0 Å². The SMILES string of the molecule is COc1ccc(NS(=O)(=O)c2ccc(C(=O)N3CCCCC3)cc2)cc1. The number of hydrogen-bond donors (Lipinski definition) is 1. The Kier molecular flexibility index (Phi) is 5.46. The molecule has 1 aliphatic rings. The molecule has 3 rings (SSSR count). The van der Waals surface area contributed by atoms with Gasteiger partial charge in [-0.3, -0.25) is 9.52 Å². The van der Waals surface area contributed by atoms with E-state index in [1.54, 1.807) is 43.5 Å². The van der Waals surface area contributed by atoms with Gasteiger partial charge in [0.2, 0.25) is 0 Å². The molecule has 6 nitrogen and oxygen atoms in total. The van der Waals surface area contributed by atoms with Crippen molar-refractivity contribution in [3.8, 4) is 5.75 Å². The number of amides is 1. The van der Waals surface area contributed by atoms with E-state index < -0.39 is 10.0 Å². The van der Waals surface area contributed by atoms with Crippen molar-refractivity contribution >= 4 is 21.6 Å². The summed E-state index contributed by atoms with van der Waals surface area (Å²) < 4.78 is 32.6. The van der Waals surface area contributed by atoms with Crippen molar-refractivity contribution in [3.05, 3.63) is 54.1 Å². The predicted octanol–water partition coefficient (Wildman–Crippen LogP) is 3.12. The summed E-state index contributed by atoms with van der Waals surface area (Å²) in [7, 11) is -2.17. The second-order valence-corrected chi connectivity index (χ2v) is 7.89. The van der Waals surface area contributed by atoms with Gasteiger partial charge in [0, 0.05) is 24.3 Å². The average Bonchev–Trinajstić information content (AvgIpc) is 2.68. The number of sulfonamides is 1. The van der Waals surface area contributed by atoms with Gasteiger partial charge in [-0.2, -0.15) is 0 Å². The summed E-state index contributed by atoms with van der Waals surface area (Å²) in [5, 5.41) is 0. The van der Waals surface area contributed by atoms with E-state index in [0.29, 0.717) is 17.0 Å². The van der Waals surface area contributed by atoms with Crippen LogP contribution >= 0.6 is 0 Å². The maximum atomic E-state index is 12.5. The molecule has 1 saturated heterocycles. The molecular formula is C19H22N2O4S. The lowest BCUT2D eigenvalue weighted by atomic mass is 10.1. The van der Waals surface area contributed by atoms with E-state index in [1.165, 1.54) is 12.1 Å². The molecule has 7 heteroatoms. The van der Waals surface area contributed by atoms with Crippen molar-refractivity contribution in [1.29, 1.82) is 0 Å². The van der Waals surface area contributed by atoms with Crippen LogP contribution in [0.15, 0.2) is 53.4 Å². The molecule has 2 aromatic carbocycles. The van der Waals surface area contributed by atoms with Crippen LogP contribution in [0.2, 0.25) is 0 Å². The maximum Gasteiger partial charge on any atom is 0.261 e. The summed E-state index contributed by atoms with van der Waals surface area (Å²) in [4.78, 5) is 14.4. The molecule has 0 radical (unpaired) electrons. The number of rotatable bonds is 5. The topological polar surface area (TPSA) is 75.7 Å². The van der Waals surface area contributed by atoms with Crippen LogP contribution in [0, 0.1) is 0 Å². The Morgan fingerprint density at radius 1 is 0.962 bits per heavy atom. The number of benzene rings is 2. The Morgan fingerprint density at radius 2 is 1.58 bits per heavy atom. The molecule has 0 aliphatic carbocycles. The summed E-state index contributed by atoms with van der Waals surface area (Å²) in [5.74, 6) is 0.602. The quantitative estimate of drug-likeness (QED) is 0.872. The number of likely N-dealkylation sites (tertiary alicyclic amines) is 1. The first-order valence-corrected chi connectivity index (χ1v) is 10.0. The molecule has 1 fully saturated rings. The molecule has 1 N–H and O–H groups in total. The van der Waals surface area contributed by atoms with Crippen LogP contribution in [0.25, 0.3) is 0 Å². The van der Waals surface area contributed by atoms with Gasteiger partial charge in [-0.05, 0) is 67.8 Å². The predicted molar refractivity (Wildman–Crippen MR) is 100.0 cm³/mol. The lowest BCUT2D eigenvalue weighted by molar-refractivity contribution is 0.0724. The second kappa shape index (κ2) is 7.78. The Balaban J connectivity index is 1.72. The minimum absolute atomic E-state index is 0.0447. The number of hydrogen-bond acceptors (Lipinski definition) is 4.